The third-order valence-corrected chi connectivity index (χ3v) is 4.53. The standard InChI is InChI=1S/C19H26N4O2/c1-13-5-7-17(8-6-13)23-16(4)19(15(3)21-23)20-18(24)12-22-9-10-25-14(2)11-22/h5-8,14H,9-12H2,1-4H3,(H,20,24). The normalized spacial score (nSPS) is 18.3. The van der Waals surface area contributed by atoms with Crippen LogP contribution in [0.3, 0.4) is 0 Å². The Bertz CT molecular complexity index is 752. The summed E-state index contributed by atoms with van der Waals surface area (Å²) < 4.78 is 7.40. The average molecular weight is 342 g/mol. The van der Waals surface area contributed by atoms with Crippen LogP contribution in [0.5, 0.6) is 0 Å². The summed E-state index contributed by atoms with van der Waals surface area (Å²) in [6, 6.07) is 8.19. The van der Waals surface area contributed by atoms with Crippen LogP contribution in [-0.4, -0.2) is 52.9 Å². The maximum Gasteiger partial charge on any atom is 0.238 e. The zero-order valence-corrected chi connectivity index (χ0v) is 15.4. The van der Waals surface area contributed by atoms with Crippen molar-refractivity contribution < 1.29 is 9.53 Å². The van der Waals surface area contributed by atoms with Gasteiger partial charge in [0.2, 0.25) is 5.91 Å². The molecule has 0 bridgehead atoms. The summed E-state index contributed by atoms with van der Waals surface area (Å²) in [7, 11) is 0. The Hall–Kier alpha value is -2.18. The Morgan fingerprint density at radius 1 is 1.28 bits per heavy atom. The van der Waals surface area contributed by atoms with E-state index >= 15 is 0 Å². The smallest absolute Gasteiger partial charge is 0.238 e. The summed E-state index contributed by atoms with van der Waals surface area (Å²) >= 11 is 0. The fraction of sp³-hybridized carbons (Fsp3) is 0.474. The molecule has 6 heteroatoms. The van der Waals surface area contributed by atoms with Gasteiger partial charge >= 0.3 is 0 Å². The minimum atomic E-state index is -0.0104. The van der Waals surface area contributed by atoms with Gasteiger partial charge in [0.25, 0.3) is 0 Å². The molecule has 1 aliphatic heterocycles. The molecule has 6 nitrogen and oxygen atoms in total. The van der Waals surface area contributed by atoms with Crippen molar-refractivity contribution in [2.75, 3.05) is 31.6 Å². The molecule has 1 fully saturated rings. The predicted molar refractivity (Wildman–Crippen MR) is 98.3 cm³/mol. The Kier molecular flexibility index (Phi) is 5.20. The molecule has 0 aliphatic carbocycles. The monoisotopic (exact) mass is 342 g/mol. The van der Waals surface area contributed by atoms with Crippen molar-refractivity contribution in [2.45, 2.75) is 33.8 Å². The molecule has 1 saturated heterocycles. The van der Waals surface area contributed by atoms with Gasteiger partial charge in [-0.15, -0.1) is 0 Å². The van der Waals surface area contributed by atoms with E-state index in [-0.39, 0.29) is 12.0 Å². The van der Waals surface area contributed by atoms with Gasteiger partial charge in [-0.25, -0.2) is 4.68 Å². The van der Waals surface area contributed by atoms with Crippen LogP contribution in [0.4, 0.5) is 5.69 Å². The second-order valence-electron chi connectivity index (χ2n) is 6.76. The van der Waals surface area contributed by atoms with Gasteiger partial charge in [0.05, 0.1) is 42.0 Å². The van der Waals surface area contributed by atoms with Gasteiger partial charge < -0.3 is 10.1 Å². The Morgan fingerprint density at radius 2 is 2.00 bits per heavy atom. The number of nitrogens with one attached hydrogen (secondary N) is 1. The quantitative estimate of drug-likeness (QED) is 0.927. The van der Waals surface area contributed by atoms with Crippen molar-refractivity contribution in [3.8, 4) is 5.69 Å². The number of rotatable bonds is 4. The highest BCUT2D eigenvalue weighted by Gasteiger charge is 2.21. The molecular weight excluding hydrogens is 316 g/mol. The second-order valence-corrected chi connectivity index (χ2v) is 6.76. The lowest BCUT2D eigenvalue weighted by Gasteiger charge is -2.30. The van der Waals surface area contributed by atoms with E-state index in [1.165, 1.54) is 5.56 Å². The van der Waals surface area contributed by atoms with Gasteiger partial charge in [-0.1, -0.05) is 17.7 Å². The molecule has 2 aromatic rings. The molecule has 1 atom stereocenters. The highest BCUT2D eigenvalue weighted by molar-refractivity contribution is 5.93. The van der Waals surface area contributed by atoms with E-state index in [4.69, 9.17) is 4.74 Å². The fourth-order valence-corrected chi connectivity index (χ4v) is 3.18. The molecule has 1 aromatic heterocycles. The maximum atomic E-state index is 12.5. The van der Waals surface area contributed by atoms with E-state index < -0.39 is 0 Å². The molecule has 1 amide bonds. The summed E-state index contributed by atoms with van der Waals surface area (Å²) in [5, 5.41) is 7.63. The minimum Gasteiger partial charge on any atom is -0.376 e. The van der Waals surface area contributed by atoms with E-state index in [9.17, 15) is 4.79 Å². The summed E-state index contributed by atoms with van der Waals surface area (Å²) in [5.41, 5.74) is 4.76. The van der Waals surface area contributed by atoms with Gasteiger partial charge in [0, 0.05) is 13.1 Å². The SMILES string of the molecule is Cc1ccc(-n2nc(C)c(NC(=O)CN3CCOC(C)C3)c2C)cc1. The van der Waals surface area contributed by atoms with Gasteiger partial charge in [-0.05, 0) is 39.8 Å². The number of aryl methyl sites for hydroxylation is 2. The zero-order valence-electron chi connectivity index (χ0n) is 15.4. The van der Waals surface area contributed by atoms with Gasteiger partial charge in [-0.2, -0.15) is 5.10 Å². The van der Waals surface area contributed by atoms with Crippen molar-refractivity contribution >= 4 is 11.6 Å². The van der Waals surface area contributed by atoms with Crippen molar-refractivity contribution in [1.29, 1.82) is 0 Å². The minimum absolute atomic E-state index is 0.0104. The van der Waals surface area contributed by atoms with Crippen LogP contribution in [0.15, 0.2) is 24.3 Å². The third kappa shape index (κ3) is 4.08. The third-order valence-electron chi connectivity index (χ3n) is 4.53. The first-order valence-electron chi connectivity index (χ1n) is 8.71. The molecule has 1 N–H and O–H groups in total. The number of hydrogen-bond acceptors (Lipinski definition) is 4. The number of aromatic nitrogens is 2. The van der Waals surface area contributed by atoms with Gasteiger partial charge in [0.15, 0.2) is 0 Å². The number of benzene rings is 1. The van der Waals surface area contributed by atoms with Crippen LogP contribution in [0.1, 0.15) is 23.9 Å². The lowest BCUT2D eigenvalue weighted by atomic mass is 10.2. The van der Waals surface area contributed by atoms with E-state index in [1.807, 2.05) is 37.6 Å². The van der Waals surface area contributed by atoms with Crippen LogP contribution in [0, 0.1) is 20.8 Å². The van der Waals surface area contributed by atoms with Gasteiger partial charge in [0.1, 0.15) is 0 Å². The van der Waals surface area contributed by atoms with Crippen LogP contribution < -0.4 is 5.32 Å². The molecule has 1 aliphatic rings. The first-order valence-corrected chi connectivity index (χ1v) is 8.71. The molecular formula is C19H26N4O2. The van der Waals surface area contributed by atoms with E-state index in [0.717, 1.165) is 35.9 Å². The van der Waals surface area contributed by atoms with Crippen LogP contribution >= 0.6 is 0 Å². The highest BCUT2D eigenvalue weighted by Crippen LogP contribution is 2.23. The number of ether oxygens (including phenoxy) is 1. The zero-order chi connectivity index (χ0) is 18.0. The van der Waals surface area contributed by atoms with E-state index in [1.54, 1.807) is 0 Å². The lowest BCUT2D eigenvalue weighted by Crippen LogP contribution is -2.44. The lowest BCUT2D eigenvalue weighted by molar-refractivity contribution is -0.119. The molecule has 0 spiro atoms. The van der Waals surface area contributed by atoms with Crippen LogP contribution in [0.25, 0.3) is 5.69 Å². The summed E-state index contributed by atoms with van der Waals surface area (Å²) in [5.74, 6) is -0.0104. The molecule has 1 aromatic carbocycles. The first-order chi connectivity index (χ1) is 11.9. The van der Waals surface area contributed by atoms with Crippen LogP contribution in [-0.2, 0) is 9.53 Å². The largest absolute Gasteiger partial charge is 0.376 e. The highest BCUT2D eigenvalue weighted by atomic mass is 16.5. The maximum absolute atomic E-state index is 12.5. The first kappa shape index (κ1) is 17.6. The summed E-state index contributed by atoms with van der Waals surface area (Å²) in [4.78, 5) is 14.6. The molecule has 1 unspecified atom stereocenters. The number of amides is 1. The van der Waals surface area contributed by atoms with Crippen molar-refractivity contribution in [1.82, 2.24) is 14.7 Å². The number of anilines is 1. The number of nitrogens with zero attached hydrogens (tertiary/aromatic N) is 3. The molecule has 25 heavy (non-hydrogen) atoms. The fourth-order valence-electron chi connectivity index (χ4n) is 3.18. The van der Waals surface area contributed by atoms with Crippen molar-refractivity contribution in [3.63, 3.8) is 0 Å². The topological polar surface area (TPSA) is 59.4 Å². The van der Waals surface area contributed by atoms with E-state index in [0.29, 0.717) is 13.2 Å². The Labute approximate surface area is 148 Å². The van der Waals surface area contributed by atoms with E-state index in [2.05, 4.69) is 34.4 Å². The van der Waals surface area contributed by atoms with Crippen LogP contribution in [0.2, 0.25) is 0 Å². The van der Waals surface area contributed by atoms with Crippen molar-refractivity contribution in [3.05, 3.63) is 41.2 Å². The Morgan fingerprint density at radius 3 is 2.68 bits per heavy atom. The summed E-state index contributed by atoms with van der Waals surface area (Å²) in [6.45, 7) is 10.6. The number of carbonyl (C=O) groups excluding carboxylic acids is 1. The molecule has 3 rings (SSSR count). The number of hydrogen-bond donors (Lipinski definition) is 1. The second kappa shape index (κ2) is 7.37. The molecule has 134 valence electrons. The van der Waals surface area contributed by atoms with Crippen molar-refractivity contribution in [2.24, 2.45) is 0 Å². The molecule has 0 saturated carbocycles. The number of carbonyl (C=O) groups is 1. The predicted octanol–water partition coefficient (Wildman–Crippen LogP) is 2.46. The summed E-state index contributed by atoms with van der Waals surface area (Å²) in [6.07, 6.45) is 0.175. The molecule has 2 heterocycles. The molecule has 0 radical (unpaired) electrons. The average Bonchev–Trinajstić information content (AvgIpc) is 2.84. The number of morpholine rings is 1. The Balaban J connectivity index is 1.72. The van der Waals surface area contributed by atoms with Gasteiger partial charge in [-0.3, -0.25) is 9.69 Å².